The molecule has 0 nitrogen and oxygen atoms in total. The average molecular weight is 210 g/mol. The summed E-state index contributed by atoms with van der Waals surface area (Å²) < 4.78 is 13.2. The van der Waals surface area contributed by atoms with E-state index in [0.717, 1.165) is 4.46 Å². The van der Waals surface area contributed by atoms with Crippen molar-refractivity contribution in [2.45, 2.75) is 0 Å². The summed E-state index contributed by atoms with van der Waals surface area (Å²) in [6.07, 6.45) is 0. The van der Waals surface area contributed by atoms with Crippen molar-refractivity contribution in [1.29, 1.82) is 0 Å². The molecule has 0 radical (unpaired) electrons. The normalized spacial score (nSPS) is 9.56. The molecule has 1 aromatic rings. The van der Waals surface area contributed by atoms with Crippen LogP contribution in [0.4, 0.5) is 4.39 Å². The van der Waals surface area contributed by atoms with E-state index >= 15 is 0 Å². The fourth-order valence-electron chi connectivity index (χ4n) is 0.486. The van der Waals surface area contributed by atoms with Crippen molar-refractivity contribution >= 4 is 28.6 Å². The summed E-state index contributed by atoms with van der Waals surface area (Å²) in [5.41, 5.74) is 0. The van der Waals surface area contributed by atoms with Gasteiger partial charge in [-0.15, -0.1) is 0 Å². The summed E-state index contributed by atoms with van der Waals surface area (Å²) in [6.45, 7) is 0. The Kier molecular flexibility index (Phi) is 2.52. The van der Waals surface area contributed by atoms with E-state index in [1.165, 1.54) is 12.1 Å². The van der Waals surface area contributed by atoms with Gasteiger partial charge in [-0.05, 0) is 0 Å². The molecule has 0 spiro atoms. The summed E-state index contributed by atoms with van der Waals surface area (Å²) in [4.78, 5) is 0. The third kappa shape index (κ3) is 1.98. The van der Waals surface area contributed by atoms with Crippen LogP contribution in [0.5, 0.6) is 0 Å². The van der Waals surface area contributed by atoms with Crippen molar-refractivity contribution in [3.63, 3.8) is 0 Å². The van der Waals surface area contributed by atoms with Crippen LogP contribution >= 0.6 is 10.1 Å². The van der Waals surface area contributed by atoms with Gasteiger partial charge in [0.05, 0.1) is 0 Å². The van der Waals surface area contributed by atoms with Gasteiger partial charge in [0.1, 0.15) is 0 Å². The van der Waals surface area contributed by atoms with Crippen LogP contribution in [0.3, 0.4) is 0 Å². The summed E-state index contributed by atoms with van der Waals surface area (Å²) in [6, 6.07) is 6.23. The predicted molar refractivity (Wildman–Crippen MR) is 37.6 cm³/mol. The molecule has 0 unspecified atom stereocenters. The van der Waals surface area contributed by atoms with Crippen LogP contribution in [0, 0.1) is 5.82 Å². The molecule has 48 valence electrons. The van der Waals surface area contributed by atoms with Gasteiger partial charge in [0.15, 0.2) is 0 Å². The number of hydrogen-bond acceptors (Lipinski definition) is 0. The van der Waals surface area contributed by atoms with Crippen LogP contribution in [-0.2, 0) is 0 Å². The van der Waals surface area contributed by atoms with Gasteiger partial charge in [-0.25, -0.2) is 0 Å². The molecule has 0 heterocycles. The molecule has 0 aliphatic rings. The van der Waals surface area contributed by atoms with Gasteiger partial charge in [-0.2, -0.15) is 0 Å². The maximum absolute atomic E-state index is 12.2. The quantitative estimate of drug-likeness (QED) is 0.612. The second kappa shape index (κ2) is 3.21. The topological polar surface area (TPSA) is 0 Å². The fourth-order valence-corrected chi connectivity index (χ4v) is 1.52. The molecule has 3 heteroatoms. The van der Waals surface area contributed by atoms with Gasteiger partial charge in [-0.1, -0.05) is 0 Å². The molecule has 0 fully saturated rings. The molecule has 0 atom stereocenters. The monoisotopic (exact) mass is 210 g/mol. The van der Waals surface area contributed by atoms with Crippen molar-refractivity contribution in [2.75, 3.05) is 0 Å². The van der Waals surface area contributed by atoms with E-state index in [9.17, 15) is 4.39 Å². The number of benzene rings is 1. The molecule has 0 saturated heterocycles. The van der Waals surface area contributed by atoms with E-state index < -0.39 is 0 Å². The van der Waals surface area contributed by atoms with Gasteiger partial charge in [0.2, 0.25) is 0 Å². The van der Waals surface area contributed by atoms with Gasteiger partial charge in [-0.3, -0.25) is 0 Å². The zero-order chi connectivity index (χ0) is 6.69. The Morgan fingerprint density at radius 3 is 2.22 bits per heavy atom. The van der Waals surface area contributed by atoms with E-state index in [0.29, 0.717) is 0 Å². The molecule has 0 aliphatic carbocycles. The summed E-state index contributed by atoms with van der Waals surface area (Å²) >= 11 is -0.0340. The maximum atomic E-state index is 12.2. The Labute approximate surface area is 63.4 Å². The summed E-state index contributed by atoms with van der Waals surface area (Å²) in [5, 5.41) is 0. The molecule has 9 heavy (non-hydrogen) atoms. The standard InChI is InChI=1S/C6H4ClFSe/c7-9-6-3-1-5(8)2-4-6/h1-4H. The zero-order valence-electron chi connectivity index (χ0n) is 4.47. The molecule has 0 aliphatic heterocycles. The number of hydrogen-bond donors (Lipinski definition) is 0. The first kappa shape index (κ1) is 7.07. The van der Waals surface area contributed by atoms with Crippen LogP contribution in [0.1, 0.15) is 0 Å². The van der Waals surface area contributed by atoms with Crippen LogP contribution < -0.4 is 4.46 Å². The van der Waals surface area contributed by atoms with Crippen LogP contribution in [0.2, 0.25) is 0 Å². The molecule has 0 amide bonds. The first-order valence-electron chi connectivity index (χ1n) is 2.37. The minimum absolute atomic E-state index is 0.0340. The van der Waals surface area contributed by atoms with Crippen LogP contribution in [0.25, 0.3) is 0 Å². The Morgan fingerprint density at radius 2 is 1.78 bits per heavy atom. The van der Waals surface area contributed by atoms with E-state index in [4.69, 9.17) is 10.1 Å². The van der Waals surface area contributed by atoms with Gasteiger partial charge < -0.3 is 0 Å². The summed E-state index contributed by atoms with van der Waals surface area (Å²) in [5.74, 6) is -0.209. The van der Waals surface area contributed by atoms with E-state index in [1.54, 1.807) is 12.1 Å². The molecule has 1 aromatic carbocycles. The van der Waals surface area contributed by atoms with Crippen LogP contribution in [-0.4, -0.2) is 14.0 Å². The van der Waals surface area contributed by atoms with E-state index in [2.05, 4.69) is 0 Å². The predicted octanol–water partition coefficient (Wildman–Crippen LogP) is 1.31. The second-order valence-corrected chi connectivity index (χ2v) is 3.65. The van der Waals surface area contributed by atoms with Gasteiger partial charge in [0, 0.05) is 0 Å². The van der Waals surface area contributed by atoms with Crippen molar-refractivity contribution in [3.05, 3.63) is 30.1 Å². The van der Waals surface area contributed by atoms with Gasteiger partial charge in [0.25, 0.3) is 0 Å². The summed E-state index contributed by atoms with van der Waals surface area (Å²) in [7, 11) is 5.52. The average Bonchev–Trinajstić information content (AvgIpc) is 1.90. The first-order chi connectivity index (χ1) is 4.33. The molecular weight excluding hydrogens is 205 g/mol. The van der Waals surface area contributed by atoms with Crippen molar-refractivity contribution in [2.24, 2.45) is 0 Å². The Bertz CT molecular complexity index is 185. The third-order valence-corrected chi connectivity index (χ3v) is 2.77. The van der Waals surface area contributed by atoms with E-state index in [-0.39, 0.29) is 19.9 Å². The zero-order valence-corrected chi connectivity index (χ0v) is 6.94. The number of rotatable bonds is 1. The molecular formula is C6H4ClFSe. The molecule has 0 saturated carbocycles. The Balaban J connectivity index is 2.88. The Hall–Kier alpha value is -0.0405. The minimum atomic E-state index is -0.209. The first-order valence-corrected chi connectivity index (χ1v) is 5.48. The second-order valence-electron chi connectivity index (χ2n) is 1.53. The molecule has 1 rings (SSSR count). The van der Waals surface area contributed by atoms with Crippen molar-refractivity contribution in [3.8, 4) is 0 Å². The van der Waals surface area contributed by atoms with Crippen molar-refractivity contribution < 1.29 is 4.39 Å². The Morgan fingerprint density at radius 1 is 1.22 bits per heavy atom. The molecule has 0 N–H and O–H groups in total. The van der Waals surface area contributed by atoms with Crippen LogP contribution in [0.15, 0.2) is 24.3 Å². The van der Waals surface area contributed by atoms with Crippen molar-refractivity contribution in [1.82, 2.24) is 0 Å². The van der Waals surface area contributed by atoms with Gasteiger partial charge >= 0.3 is 63.1 Å². The number of halogens is 2. The fraction of sp³-hybridized carbons (Fsp3) is 0. The molecule has 0 aromatic heterocycles. The SMILES string of the molecule is Fc1ccc([Se]Cl)cc1. The van der Waals surface area contributed by atoms with E-state index in [1.807, 2.05) is 0 Å². The third-order valence-electron chi connectivity index (χ3n) is 0.903. The molecule has 0 bridgehead atoms.